The molecule has 2 atom stereocenters. The van der Waals surface area contributed by atoms with Crippen LogP contribution in [0.3, 0.4) is 0 Å². The van der Waals surface area contributed by atoms with Gasteiger partial charge in [0.2, 0.25) is 5.91 Å². The summed E-state index contributed by atoms with van der Waals surface area (Å²) >= 11 is 0. The lowest BCUT2D eigenvalue weighted by atomic mass is 10.1. The Morgan fingerprint density at radius 1 is 1.35 bits per heavy atom. The van der Waals surface area contributed by atoms with E-state index in [0.717, 1.165) is 6.26 Å². The molecule has 0 aliphatic carbocycles. The van der Waals surface area contributed by atoms with Crippen LogP contribution in [0, 0.1) is 0 Å². The summed E-state index contributed by atoms with van der Waals surface area (Å²) in [6, 6.07) is 3.36. The van der Waals surface area contributed by atoms with Crippen molar-refractivity contribution in [3.8, 4) is 0 Å². The number of hydrogen-bond donors (Lipinski definition) is 2. The second-order valence-corrected chi connectivity index (χ2v) is 7.75. The predicted molar refractivity (Wildman–Crippen MR) is 98.6 cm³/mol. The summed E-state index contributed by atoms with van der Waals surface area (Å²) in [6.45, 7) is 4.64. The van der Waals surface area contributed by atoms with Crippen molar-refractivity contribution in [3.63, 3.8) is 0 Å². The second kappa shape index (κ2) is 9.31. The Morgan fingerprint density at radius 3 is 2.62 bits per heavy atom. The van der Waals surface area contributed by atoms with Crippen LogP contribution in [-0.4, -0.2) is 58.5 Å². The van der Waals surface area contributed by atoms with Crippen molar-refractivity contribution in [2.75, 3.05) is 31.3 Å². The summed E-state index contributed by atoms with van der Waals surface area (Å²) < 4.78 is 34.1. The number of carbonyl (C=O) groups is 2. The Morgan fingerprint density at radius 2 is 2.04 bits per heavy atom. The van der Waals surface area contributed by atoms with Gasteiger partial charge in [0.05, 0.1) is 29.8 Å². The van der Waals surface area contributed by atoms with E-state index in [0.29, 0.717) is 13.2 Å². The number of carbonyl (C=O) groups excluding carboxylic acids is 2. The zero-order chi connectivity index (χ0) is 18.6. The third-order valence-corrected chi connectivity index (χ3v) is 4.80. The standard InChI is InChI=1S/C16H22N2O6S.ClH/c1-4-23-16(20)11-7-12(9-13(8-11)25(3,21)22)18-15(19)14-10(2)24-6-5-17-14;/h7-10,14,17H,4-6H2,1-3H3,(H,18,19);1H/t10-,14+;/m1./s1. The largest absolute Gasteiger partial charge is 0.462 e. The number of morpholine rings is 1. The number of sulfone groups is 1. The average molecular weight is 407 g/mol. The van der Waals surface area contributed by atoms with Gasteiger partial charge in [0.15, 0.2) is 9.84 Å². The van der Waals surface area contributed by atoms with Crippen molar-refractivity contribution in [1.29, 1.82) is 0 Å². The Bertz CT molecular complexity index is 768. The Balaban J connectivity index is 0.00000338. The van der Waals surface area contributed by atoms with Crippen LogP contribution in [-0.2, 0) is 24.1 Å². The summed E-state index contributed by atoms with van der Waals surface area (Å²) in [5.41, 5.74) is 0.261. The molecule has 0 saturated carbocycles. The zero-order valence-electron chi connectivity index (χ0n) is 14.8. The summed E-state index contributed by atoms with van der Waals surface area (Å²) in [7, 11) is -3.57. The number of rotatable bonds is 5. The van der Waals surface area contributed by atoms with Crippen LogP contribution in [0.2, 0.25) is 0 Å². The van der Waals surface area contributed by atoms with E-state index in [1.807, 2.05) is 0 Å². The van der Waals surface area contributed by atoms with E-state index in [1.54, 1.807) is 13.8 Å². The van der Waals surface area contributed by atoms with E-state index in [2.05, 4.69) is 10.6 Å². The average Bonchev–Trinajstić information content (AvgIpc) is 2.54. The number of esters is 1. The molecule has 0 aromatic heterocycles. The predicted octanol–water partition coefficient (Wildman–Crippen LogP) is 1.00. The number of ether oxygens (including phenoxy) is 2. The molecule has 10 heteroatoms. The molecule has 0 unspecified atom stereocenters. The molecule has 26 heavy (non-hydrogen) atoms. The molecule has 0 spiro atoms. The molecule has 1 fully saturated rings. The minimum atomic E-state index is -3.57. The summed E-state index contributed by atoms with van der Waals surface area (Å²) in [4.78, 5) is 24.3. The number of halogens is 1. The lowest BCUT2D eigenvalue weighted by Gasteiger charge is -2.29. The Hall–Kier alpha value is -1.68. The Kier molecular flexibility index (Phi) is 8.01. The highest BCUT2D eigenvalue weighted by atomic mass is 35.5. The van der Waals surface area contributed by atoms with Crippen molar-refractivity contribution < 1.29 is 27.5 Å². The third kappa shape index (κ3) is 5.66. The summed E-state index contributed by atoms with van der Waals surface area (Å²) in [6.07, 6.45) is 0.706. The van der Waals surface area contributed by atoms with Crippen LogP contribution in [0.5, 0.6) is 0 Å². The molecule has 1 aliphatic rings. The Labute approximate surface area is 159 Å². The molecule has 1 aromatic rings. The van der Waals surface area contributed by atoms with Gasteiger partial charge in [0, 0.05) is 18.5 Å². The van der Waals surface area contributed by atoms with Crippen LogP contribution < -0.4 is 10.6 Å². The molecule has 8 nitrogen and oxygen atoms in total. The van der Waals surface area contributed by atoms with Gasteiger partial charge in [0.1, 0.15) is 6.04 Å². The molecule has 1 amide bonds. The van der Waals surface area contributed by atoms with Gasteiger partial charge in [-0.2, -0.15) is 0 Å². The molecule has 1 heterocycles. The molecule has 0 bridgehead atoms. The monoisotopic (exact) mass is 406 g/mol. The molecule has 1 aromatic carbocycles. The SMILES string of the molecule is CCOC(=O)c1cc(NC(=O)[C@H]2NCCO[C@@H]2C)cc(S(C)(=O)=O)c1.Cl. The van der Waals surface area contributed by atoms with Crippen molar-refractivity contribution in [1.82, 2.24) is 5.32 Å². The molecule has 1 aliphatic heterocycles. The third-order valence-electron chi connectivity index (χ3n) is 3.71. The fraction of sp³-hybridized carbons (Fsp3) is 0.500. The fourth-order valence-electron chi connectivity index (χ4n) is 2.46. The van der Waals surface area contributed by atoms with E-state index < -0.39 is 21.8 Å². The minimum absolute atomic E-state index is 0. The maximum atomic E-state index is 12.4. The van der Waals surface area contributed by atoms with Crippen molar-refractivity contribution >= 4 is 39.8 Å². The highest BCUT2D eigenvalue weighted by Crippen LogP contribution is 2.21. The van der Waals surface area contributed by atoms with Crippen LogP contribution >= 0.6 is 12.4 Å². The summed E-state index contributed by atoms with van der Waals surface area (Å²) in [5, 5.41) is 5.68. The lowest BCUT2D eigenvalue weighted by molar-refractivity contribution is -0.123. The quantitative estimate of drug-likeness (QED) is 0.702. The van der Waals surface area contributed by atoms with Crippen LogP contribution in [0.4, 0.5) is 5.69 Å². The van der Waals surface area contributed by atoms with E-state index in [-0.39, 0.29) is 47.2 Å². The summed E-state index contributed by atoms with van der Waals surface area (Å²) in [5.74, 6) is -1.02. The highest BCUT2D eigenvalue weighted by molar-refractivity contribution is 7.90. The van der Waals surface area contributed by atoms with Gasteiger partial charge in [-0.05, 0) is 32.0 Å². The first-order chi connectivity index (χ1) is 11.7. The minimum Gasteiger partial charge on any atom is -0.462 e. The van der Waals surface area contributed by atoms with Crippen LogP contribution in [0.15, 0.2) is 23.1 Å². The van der Waals surface area contributed by atoms with Gasteiger partial charge in [-0.1, -0.05) is 0 Å². The number of anilines is 1. The molecule has 1 saturated heterocycles. The van der Waals surface area contributed by atoms with Gasteiger partial charge in [-0.25, -0.2) is 13.2 Å². The normalized spacial score (nSPS) is 20.0. The van der Waals surface area contributed by atoms with E-state index in [9.17, 15) is 18.0 Å². The zero-order valence-corrected chi connectivity index (χ0v) is 16.4. The highest BCUT2D eigenvalue weighted by Gasteiger charge is 2.28. The first kappa shape index (κ1) is 22.4. The van der Waals surface area contributed by atoms with Gasteiger partial charge >= 0.3 is 5.97 Å². The lowest BCUT2D eigenvalue weighted by Crippen LogP contribution is -2.53. The number of amides is 1. The maximum absolute atomic E-state index is 12.4. The van der Waals surface area contributed by atoms with Gasteiger partial charge in [-0.15, -0.1) is 12.4 Å². The number of nitrogens with one attached hydrogen (secondary N) is 2. The van der Waals surface area contributed by atoms with Gasteiger partial charge in [-0.3, -0.25) is 4.79 Å². The molecular formula is C16H23ClN2O6S. The molecular weight excluding hydrogens is 384 g/mol. The molecule has 2 N–H and O–H groups in total. The van der Waals surface area contributed by atoms with Gasteiger partial charge in [0.25, 0.3) is 0 Å². The van der Waals surface area contributed by atoms with E-state index >= 15 is 0 Å². The van der Waals surface area contributed by atoms with E-state index in [4.69, 9.17) is 9.47 Å². The molecule has 146 valence electrons. The van der Waals surface area contributed by atoms with E-state index in [1.165, 1.54) is 18.2 Å². The molecule has 2 rings (SSSR count). The van der Waals surface area contributed by atoms with Crippen molar-refractivity contribution in [2.24, 2.45) is 0 Å². The van der Waals surface area contributed by atoms with Crippen LogP contribution in [0.1, 0.15) is 24.2 Å². The first-order valence-electron chi connectivity index (χ1n) is 7.90. The maximum Gasteiger partial charge on any atom is 0.338 e. The number of benzene rings is 1. The molecule has 0 radical (unpaired) electrons. The van der Waals surface area contributed by atoms with Crippen molar-refractivity contribution in [2.45, 2.75) is 30.9 Å². The second-order valence-electron chi connectivity index (χ2n) is 5.74. The van der Waals surface area contributed by atoms with Gasteiger partial charge < -0.3 is 20.1 Å². The first-order valence-corrected chi connectivity index (χ1v) is 9.79. The topological polar surface area (TPSA) is 111 Å². The fourth-order valence-corrected chi connectivity index (χ4v) is 3.15. The van der Waals surface area contributed by atoms with Crippen molar-refractivity contribution in [3.05, 3.63) is 23.8 Å². The van der Waals surface area contributed by atoms with Crippen LogP contribution in [0.25, 0.3) is 0 Å². The smallest absolute Gasteiger partial charge is 0.338 e. The number of hydrogen-bond acceptors (Lipinski definition) is 7.